The number of rotatable bonds is 8. The topological polar surface area (TPSA) is 66.0 Å². The predicted octanol–water partition coefficient (Wildman–Crippen LogP) is 3.56. The van der Waals surface area contributed by atoms with Crippen molar-refractivity contribution in [3.63, 3.8) is 0 Å². The van der Waals surface area contributed by atoms with Gasteiger partial charge < -0.3 is 20.3 Å². The van der Waals surface area contributed by atoms with Crippen molar-refractivity contribution in [3.8, 4) is 5.75 Å². The van der Waals surface area contributed by atoms with Crippen LogP contribution in [-0.4, -0.2) is 57.6 Å². The molecule has 0 saturated heterocycles. The van der Waals surface area contributed by atoms with Gasteiger partial charge in [-0.3, -0.25) is 9.79 Å². The molecule has 29 heavy (non-hydrogen) atoms. The van der Waals surface area contributed by atoms with Crippen LogP contribution in [0.15, 0.2) is 58.0 Å². The summed E-state index contributed by atoms with van der Waals surface area (Å²) in [6.45, 7) is 1.90. The Hall–Kier alpha value is -1.81. The number of amides is 1. The number of guanidine groups is 1. The predicted molar refractivity (Wildman–Crippen MR) is 133 cm³/mol. The van der Waals surface area contributed by atoms with Crippen molar-refractivity contribution >= 4 is 51.8 Å². The zero-order chi connectivity index (χ0) is 20.4. The number of nitrogens with one attached hydrogen (secondary N) is 2. The summed E-state index contributed by atoms with van der Waals surface area (Å²) >= 11 is 3.40. The fourth-order valence-corrected chi connectivity index (χ4v) is 2.80. The summed E-state index contributed by atoms with van der Waals surface area (Å²) in [6.07, 6.45) is 0.796. The highest BCUT2D eigenvalue weighted by atomic mass is 127. The van der Waals surface area contributed by atoms with E-state index in [2.05, 4.69) is 31.6 Å². The van der Waals surface area contributed by atoms with Crippen molar-refractivity contribution in [1.29, 1.82) is 0 Å². The standard InChI is InChI=1S/C21H27BrN4O2.HI/c1-23-21(25-13-14-28-19-9-7-18(22)8-10-19)24-12-11-16-5-4-6-17(15-16)20(27)26(2)3;/h4-10,15H,11-14H2,1-3H3,(H2,23,24,25);1H. The Balaban J connectivity index is 0.00000420. The Morgan fingerprint density at radius 2 is 1.79 bits per heavy atom. The highest BCUT2D eigenvalue weighted by Gasteiger charge is 2.08. The molecule has 0 aliphatic rings. The molecule has 0 aliphatic heterocycles. The molecule has 158 valence electrons. The van der Waals surface area contributed by atoms with E-state index in [1.54, 1.807) is 26.0 Å². The van der Waals surface area contributed by atoms with E-state index in [0.717, 1.165) is 28.2 Å². The van der Waals surface area contributed by atoms with Gasteiger partial charge in [-0.25, -0.2) is 0 Å². The fraction of sp³-hybridized carbons (Fsp3) is 0.333. The van der Waals surface area contributed by atoms with Gasteiger partial charge in [0, 0.05) is 37.7 Å². The largest absolute Gasteiger partial charge is 0.492 e. The van der Waals surface area contributed by atoms with Gasteiger partial charge in [-0.1, -0.05) is 28.1 Å². The van der Waals surface area contributed by atoms with Crippen molar-refractivity contribution in [2.75, 3.05) is 40.8 Å². The van der Waals surface area contributed by atoms with Crippen LogP contribution in [0.1, 0.15) is 15.9 Å². The third kappa shape index (κ3) is 9.03. The van der Waals surface area contributed by atoms with Crippen LogP contribution in [0.3, 0.4) is 0 Å². The van der Waals surface area contributed by atoms with E-state index >= 15 is 0 Å². The number of ether oxygens (including phenoxy) is 1. The van der Waals surface area contributed by atoms with Crippen LogP contribution in [0.4, 0.5) is 0 Å². The van der Waals surface area contributed by atoms with Crippen LogP contribution in [0.25, 0.3) is 0 Å². The van der Waals surface area contributed by atoms with Gasteiger partial charge in [-0.05, 0) is 48.4 Å². The van der Waals surface area contributed by atoms with Gasteiger partial charge in [-0.2, -0.15) is 0 Å². The van der Waals surface area contributed by atoms with E-state index < -0.39 is 0 Å². The minimum absolute atomic E-state index is 0. The van der Waals surface area contributed by atoms with Crippen LogP contribution in [0, 0.1) is 0 Å². The molecule has 0 unspecified atom stereocenters. The van der Waals surface area contributed by atoms with E-state index in [-0.39, 0.29) is 29.9 Å². The number of hydrogen-bond acceptors (Lipinski definition) is 3. The minimum Gasteiger partial charge on any atom is -0.492 e. The molecular weight excluding hydrogens is 547 g/mol. The fourth-order valence-electron chi connectivity index (χ4n) is 2.53. The molecular formula is C21H28BrIN4O2. The van der Waals surface area contributed by atoms with Gasteiger partial charge in [0.05, 0.1) is 6.54 Å². The Morgan fingerprint density at radius 1 is 1.10 bits per heavy atom. The second-order valence-corrected chi connectivity index (χ2v) is 7.29. The van der Waals surface area contributed by atoms with Crippen molar-refractivity contribution in [2.45, 2.75) is 6.42 Å². The van der Waals surface area contributed by atoms with E-state index in [9.17, 15) is 4.79 Å². The summed E-state index contributed by atoms with van der Waals surface area (Å²) in [5, 5.41) is 6.50. The summed E-state index contributed by atoms with van der Waals surface area (Å²) < 4.78 is 6.71. The highest BCUT2D eigenvalue weighted by Crippen LogP contribution is 2.15. The number of carbonyl (C=O) groups excluding carboxylic acids is 1. The maximum atomic E-state index is 12.1. The van der Waals surface area contributed by atoms with Crippen molar-refractivity contribution in [1.82, 2.24) is 15.5 Å². The molecule has 0 radical (unpaired) electrons. The number of carbonyl (C=O) groups is 1. The minimum atomic E-state index is 0. The second-order valence-electron chi connectivity index (χ2n) is 6.38. The maximum absolute atomic E-state index is 12.1. The van der Waals surface area contributed by atoms with Crippen LogP contribution >= 0.6 is 39.9 Å². The molecule has 0 aromatic heterocycles. The quantitative estimate of drug-likeness (QED) is 0.219. The van der Waals surface area contributed by atoms with Crippen LogP contribution < -0.4 is 15.4 Å². The van der Waals surface area contributed by atoms with Crippen molar-refractivity contribution in [3.05, 3.63) is 64.1 Å². The lowest BCUT2D eigenvalue weighted by Gasteiger charge is -2.13. The zero-order valence-electron chi connectivity index (χ0n) is 16.9. The van der Waals surface area contributed by atoms with Gasteiger partial charge in [0.25, 0.3) is 5.91 Å². The van der Waals surface area contributed by atoms with Crippen LogP contribution in [0.2, 0.25) is 0 Å². The first-order valence-electron chi connectivity index (χ1n) is 9.13. The molecule has 2 aromatic rings. The van der Waals surface area contributed by atoms with Crippen molar-refractivity contribution < 1.29 is 9.53 Å². The second kappa shape index (κ2) is 13.4. The molecule has 2 N–H and O–H groups in total. The van der Waals surface area contributed by atoms with Gasteiger partial charge in [0.15, 0.2) is 5.96 Å². The molecule has 0 heterocycles. The third-order valence-corrected chi connectivity index (χ3v) is 4.52. The molecule has 0 spiro atoms. The van der Waals surface area contributed by atoms with Gasteiger partial charge in [0.2, 0.25) is 0 Å². The Morgan fingerprint density at radius 3 is 2.45 bits per heavy atom. The summed E-state index contributed by atoms with van der Waals surface area (Å²) in [5.74, 6) is 1.57. The van der Waals surface area contributed by atoms with E-state index in [1.807, 2.05) is 48.5 Å². The Labute approximate surface area is 198 Å². The average molecular weight is 575 g/mol. The van der Waals surface area contributed by atoms with E-state index in [4.69, 9.17) is 4.74 Å². The first-order chi connectivity index (χ1) is 13.5. The zero-order valence-corrected chi connectivity index (χ0v) is 20.9. The number of aliphatic imine (C=N–C) groups is 1. The molecule has 0 saturated carbocycles. The third-order valence-electron chi connectivity index (χ3n) is 3.99. The molecule has 8 heteroatoms. The Kier molecular flexibility index (Phi) is 11.7. The summed E-state index contributed by atoms with van der Waals surface area (Å²) in [6, 6.07) is 15.5. The summed E-state index contributed by atoms with van der Waals surface area (Å²) in [5.41, 5.74) is 1.81. The lowest BCUT2D eigenvalue weighted by molar-refractivity contribution is 0.0827. The molecule has 2 aromatic carbocycles. The normalized spacial score (nSPS) is 10.7. The lowest BCUT2D eigenvalue weighted by Crippen LogP contribution is -2.40. The first kappa shape index (κ1) is 25.2. The molecule has 0 atom stereocenters. The van der Waals surface area contributed by atoms with Gasteiger partial charge in [0.1, 0.15) is 12.4 Å². The molecule has 0 fully saturated rings. The first-order valence-corrected chi connectivity index (χ1v) is 9.92. The smallest absolute Gasteiger partial charge is 0.253 e. The maximum Gasteiger partial charge on any atom is 0.253 e. The SMILES string of the molecule is CN=C(NCCOc1ccc(Br)cc1)NCCc1cccc(C(=O)N(C)C)c1.I. The van der Waals surface area contributed by atoms with E-state index in [1.165, 1.54) is 0 Å². The number of halogens is 2. The molecule has 0 bridgehead atoms. The monoisotopic (exact) mass is 574 g/mol. The van der Waals surface area contributed by atoms with Crippen LogP contribution in [0.5, 0.6) is 5.75 Å². The highest BCUT2D eigenvalue weighted by molar-refractivity contribution is 14.0. The summed E-state index contributed by atoms with van der Waals surface area (Å²) in [4.78, 5) is 17.9. The molecule has 0 aliphatic carbocycles. The van der Waals surface area contributed by atoms with Crippen LogP contribution in [-0.2, 0) is 6.42 Å². The average Bonchev–Trinajstić information content (AvgIpc) is 2.70. The van der Waals surface area contributed by atoms with Crippen molar-refractivity contribution in [2.24, 2.45) is 4.99 Å². The lowest BCUT2D eigenvalue weighted by atomic mass is 10.1. The Bertz CT molecular complexity index is 798. The molecule has 2 rings (SSSR count). The van der Waals surface area contributed by atoms with Gasteiger partial charge in [-0.15, -0.1) is 24.0 Å². The van der Waals surface area contributed by atoms with E-state index in [0.29, 0.717) is 25.3 Å². The molecule has 1 amide bonds. The number of benzene rings is 2. The molecule has 6 nitrogen and oxygen atoms in total. The number of hydrogen-bond donors (Lipinski definition) is 2. The van der Waals surface area contributed by atoms with Gasteiger partial charge >= 0.3 is 0 Å². The summed E-state index contributed by atoms with van der Waals surface area (Å²) in [7, 11) is 5.25. The number of nitrogens with zero attached hydrogens (tertiary/aromatic N) is 2.